The van der Waals surface area contributed by atoms with Crippen LogP contribution in [-0.2, 0) is 0 Å². The summed E-state index contributed by atoms with van der Waals surface area (Å²) in [5.41, 5.74) is 0.933. The number of amides is 1. The number of carbonyl (C=O) groups is 1. The average Bonchev–Trinajstić information content (AvgIpc) is 2.63. The molecule has 1 amide bonds. The van der Waals surface area contributed by atoms with Crippen LogP contribution in [0, 0.1) is 5.41 Å². The summed E-state index contributed by atoms with van der Waals surface area (Å²) in [6.45, 7) is 2.97. The number of guanidine groups is 1. The summed E-state index contributed by atoms with van der Waals surface area (Å²) < 4.78 is 0.185. The van der Waals surface area contributed by atoms with Crippen molar-refractivity contribution in [2.24, 2.45) is 0 Å². The van der Waals surface area contributed by atoms with Crippen LogP contribution in [-0.4, -0.2) is 30.8 Å². The average molecular weight is 363 g/mol. The molecule has 5 nitrogen and oxygen atoms in total. The van der Waals surface area contributed by atoms with Crippen LogP contribution in [0.1, 0.15) is 71.1 Å². The minimum absolute atomic E-state index is 0.000348. The maximum Gasteiger partial charge on any atom is 0.414 e. The summed E-state index contributed by atoms with van der Waals surface area (Å²) >= 11 is 0. The molecule has 26 heavy (non-hydrogen) atoms. The second kappa shape index (κ2) is 12.5. The van der Waals surface area contributed by atoms with Gasteiger partial charge in [-0.05, 0) is 25.0 Å². The molecule has 0 aromatic heterocycles. The smallest absolute Gasteiger partial charge is 0.414 e. The lowest BCUT2D eigenvalue weighted by Crippen LogP contribution is -2.57. The standard InChI is InChI=1S/C21H35N3O2/c1-3-4-5-6-7-8-9-10-11-15-18-24(2,20(22)23-21(25)26)19-16-13-12-14-17-19/h12-14,16-17H,3-11,15,18H2,1-2H3,(H2-,22,23,25,26)/p+1. The third-order valence-electron chi connectivity index (χ3n) is 5.00. The lowest BCUT2D eigenvalue weighted by Gasteiger charge is -2.32. The normalized spacial score (nSPS) is 13.2. The van der Waals surface area contributed by atoms with Crippen LogP contribution >= 0.6 is 0 Å². The third-order valence-corrected chi connectivity index (χ3v) is 5.00. The van der Waals surface area contributed by atoms with Crippen LogP contribution in [0.3, 0.4) is 0 Å². The van der Waals surface area contributed by atoms with E-state index in [9.17, 15) is 4.79 Å². The minimum Gasteiger partial charge on any atom is -0.465 e. The molecule has 5 heteroatoms. The summed E-state index contributed by atoms with van der Waals surface area (Å²) in [5, 5.41) is 19.4. The number of para-hydroxylation sites is 1. The lowest BCUT2D eigenvalue weighted by atomic mass is 10.1. The Morgan fingerprint density at radius 1 is 0.962 bits per heavy atom. The summed E-state index contributed by atoms with van der Waals surface area (Å²) in [6, 6.07) is 9.70. The molecule has 0 heterocycles. The van der Waals surface area contributed by atoms with E-state index in [-0.39, 0.29) is 10.4 Å². The van der Waals surface area contributed by atoms with Crippen LogP contribution in [0.4, 0.5) is 10.5 Å². The number of unbranched alkanes of at least 4 members (excludes halogenated alkanes) is 9. The van der Waals surface area contributed by atoms with Gasteiger partial charge in [0, 0.05) is 0 Å². The van der Waals surface area contributed by atoms with Gasteiger partial charge < -0.3 is 5.11 Å². The zero-order valence-corrected chi connectivity index (χ0v) is 16.5. The zero-order chi connectivity index (χ0) is 19.3. The number of rotatable bonds is 12. The fraction of sp³-hybridized carbons (Fsp3) is 0.619. The highest BCUT2D eigenvalue weighted by Gasteiger charge is 2.32. The molecule has 0 spiro atoms. The highest BCUT2D eigenvalue weighted by atomic mass is 16.4. The first-order chi connectivity index (χ1) is 12.5. The van der Waals surface area contributed by atoms with Crippen molar-refractivity contribution >= 4 is 17.7 Å². The summed E-state index contributed by atoms with van der Waals surface area (Å²) in [7, 11) is 1.90. The monoisotopic (exact) mass is 362 g/mol. The number of hydrogen-bond acceptors (Lipinski definition) is 2. The van der Waals surface area contributed by atoms with Gasteiger partial charge in [0.15, 0.2) is 0 Å². The van der Waals surface area contributed by atoms with Crippen LogP contribution in [0.25, 0.3) is 0 Å². The van der Waals surface area contributed by atoms with E-state index in [4.69, 9.17) is 10.5 Å². The molecule has 1 rings (SSSR count). The first kappa shape index (κ1) is 22.2. The molecule has 0 aliphatic heterocycles. The van der Waals surface area contributed by atoms with E-state index in [1.165, 1.54) is 51.4 Å². The second-order valence-electron chi connectivity index (χ2n) is 7.21. The molecule has 0 bridgehead atoms. The molecule has 0 aliphatic rings. The van der Waals surface area contributed by atoms with Crippen molar-refractivity contribution in [2.45, 2.75) is 71.1 Å². The molecule has 1 atom stereocenters. The van der Waals surface area contributed by atoms with Crippen LogP contribution in [0.15, 0.2) is 30.3 Å². The third kappa shape index (κ3) is 8.00. The van der Waals surface area contributed by atoms with E-state index in [2.05, 4.69) is 12.2 Å². The Bertz CT molecular complexity index is 533. The largest absolute Gasteiger partial charge is 0.465 e. The molecule has 0 radical (unpaired) electrons. The number of benzene rings is 1. The number of nitrogens with one attached hydrogen (secondary N) is 2. The molecule has 1 aromatic carbocycles. The summed E-state index contributed by atoms with van der Waals surface area (Å²) in [5.74, 6) is -0.000348. The Labute approximate surface area is 158 Å². The van der Waals surface area contributed by atoms with Gasteiger partial charge in [0.05, 0.1) is 13.6 Å². The highest BCUT2D eigenvalue weighted by Crippen LogP contribution is 2.22. The predicted molar refractivity (Wildman–Crippen MR) is 110 cm³/mol. The van der Waals surface area contributed by atoms with E-state index in [0.717, 1.165) is 25.1 Å². The molecule has 1 aromatic rings. The van der Waals surface area contributed by atoms with E-state index >= 15 is 0 Å². The van der Waals surface area contributed by atoms with Crippen molar-refractivity contribution in [3.05, 3.63) is 30.3 Å². The zero-order valence-electron chi connectivity index (χ0n) is 16.5. The molecule has 3 N–H and O–H groups in total. The van der Waals surface area contributed by atoms with Gasteiger partial charge >= 0.3 is 12.1 Å². The Morgan fingerprint density at radius 3 is 1.96 bits per heavy atom. The molecule has 0 aliphatic carbocycles. The van der Waals surface area contributed by atoms with Crippen molar-refractivity contribution < 1.29 is 9.90 Å². The Morgan fingerprint density at radius 2 is 1.46 bits per heavy atom. The van der Waals surface area contributed by atoms with Gasteiger partial charge in [-0.15, -0.1) is 0 Å². The fourth-order valence-electron chi connectivity index (χ4n) is 3.27. The predicted octanol–water partition coefficient (Wildman–Crippen LogP) is 5.75. The number of nitrogens with zero attached hydrogens (tertiary/aromatic N) is 1. The SMILES string of the molecule is CCCCCCCCCCCC[N+](C)(C(=N)NC(=O)O)c1ccccc1. The van der Waals surface area contributed by atoms with Gasteiger partial charge in [0.2, 0.25) is 0 Å². The number of carboxylic acid groups (broad SMARTS) is 1. The maximum absolute atomic E-state index is 11.0. The highest BCUT2D eigenvalue weighted by molar-refractivity contribution is 5.97. The lowest BCUT2D eigenvalue weighted by molar-refractivity contribution is 0.198. The molecule has 0 fully saturated rings. The fourth-order valence-corrected chi connectivity index (χ4v) is 3.27. The van der Waals surface area contributed by atoms with E-state index in [1.54, 1.807) is 0 Å². The van der Waals surface area contributed by atoms with Gasteiger partial charge in [-0.1, -0.05) is 76.5 Å². The van der Waals surface area contributed by atoms with Crippen LogP contribution < -0.4 is 9.80 Å². The van der Waals surface area contributed by atoms with Crippen molar-refractivity contribution in [2.75, 3.05) is 13.6 Å². The van der Waals surface area contributed by atoms with E-state index < -0.39 is 6.09 Å². The first-order valence-electron chi connectivity index (χ1n) is 10.0. The van der Waals surface area contributed by atoms with Crippen molar-refractivity contribution in [3.8, 4) is 0 Å². The summed E-state index contributed by atoms with van der Waals surface area (Å²) in [4.78, 5) is 11.0. The van der Waals surface area contributed by atoms with Crippen molar-refractivity contribution in [1.82, 2.24) is 9.80 Å². The maximum atomic E-state index is 11.0. The van der Waals surface area contributed by atoms with Gasteiger partial charge in [-0.25, -0.2) is 20.0 Å². The minimum atomic E-state index is -1.18. The second-order valence-corrected chi connectivity index (χ2v) is 7.21. The summed E-state index contributed by atoms with van der Waals surface area (Å²) in [6.07, 6.45) is 11.4. The Balaban J connectivity index is 2.40. The molecular weight excluding hydrogens is 326 g/mol. The number of hydrogen-bond donors (Lipinski definition) is 3. The van der Waals surface area contributed by atoms with Gasteiger partial charge in [0.1, 0.15) is 5.69 Å². The number of quaternary nitrogens is 1. The van der Waals surface area contributed by atoms with E-state index in [1.807, 2.05) is 37.4 Å². The Kier molecular flexibility index (Phi) is 10.6. The van der Waals surface area contributed by atoms with Crippen molar-refractivity contribution in [3.63, 3.8) is 0 Å². The van der Waals surface area contributed by atoms with Crippen LogP contribution in [0.2, 0.25) is 0 Å². The van der Waals surface area contributed by atoms with Gasteiger partial charge in [0.25, 0.3) is 0 Å². The van der Waals surface area contributed by atoms with Gasteiger partial charge in [-0.3, -0.25) is 0 Å². The van der Waals surface area contributed by atoms with Crippen LogP contribution in [0.5, 0.6) is 0 Å². The Hall–Kier alpha value is -1.88. The quantitative estimate of drug-likeness (QED) is 0.192. The molecular formula is C21H36N3O2+. The molecule has 146 valence electrons. The molecule has 0 saturated carbocycles. The topological polar surface area (TPSA) is 73.2 Å². The molecule has 1 unspecified atom stereocenters. The molecule has 0 saturated heterocycles. The van der Waals surface area contributed by atoms with Crippen molar-refractivity contribution in [1.29, 1.82) is 5.41 Å². The van der Waals surface area contributed by atoms with E-state index in [0.29, 0.717) is 0 Å². The van der Waals surface area contributed by atoms with Gasteiger partial charge in [-0.2, -0.15) is 0 Å². The first-order valence-corrected chi connectivity index (χ1v) is 10.0.